The lowest BCUT2D eigenvalue weighted by atomic mass is 9.85. The molecule has 1 aliphatic carbocycles. The molecule has 15 N–H and O–H groups in total. The van der Waals surface area contributed by atoms with E-state index >= 15 is 0 Å². The second kappa shape index (κ2) is 14.5. The Labute approximate surface area is 224 Å². The highest BCUT2D eigenvalue weighted by Gasteiger charge is 2.62. The van der Waals surface area contributed by atoms with E-state index in [4.69, 9.17) is 78.0 Å². The van der Waals surface area contributed by atoms with Gasteiger partial charge in [0, 0.05) is 0 Å². The van der Waals surface area contributed by atoms with Crippen molar-refractivity contribution < 1.29 is 132 Å². The summed E-state index contributed by atoms with van der Waals surface area (Å²) in [5, 5.41) is 0. The van der Waals surface area contributed by atoms with E-state index in [0.29, 0.717) is 0 Å². The van der Waals surface area contributed by atoms with Crippen molar-refractivity contribution in [2.45, 2.75) is 36.6 Å². The molecule has 1 saturated carbocycles. The molecule has 41 heavy (non-hydrogen) atoms. The van der Waals surface area contributed by atoms with Crippen molar-refractivity contribution in [3.8, 4) is 0 Å². The first-order valence-corrected chi connectivity index (χ1v) is 19.5. The highest BCUT2D eigenvalue weighted by Crippen LogP contribution is 2.57. The molecule has 0 aliphatic heterocycles. The van der Waals surface area contributed by atoms with Crippen LogP contribution in [0.2, 0.25) is 0 Å². The fourth-order valence-corrected chi connectivity index (χ4v) is 6.14. The van der Waals surface area contributed by atoms with Crippen LogP contribution in [0.15, 0.2) is 0 Å². The number of hydrogen-bond acceptors (Lipinski definition) is 13. The van der Waals surface area contributed by atoms with Crippen LogP contribution >= 0.6 is 54.8 Å². The molecule has 0 heterocycles. The van der Waals surface area contributed by atoms with Crippen LogP contribution in [-0.4, -0.2) is 110 Å². The summed E-state index contributed by atoms with van der Waals surface area (Å²) >= 11 is 0. The number of hydrogen-bond donors (Lipinski definition) is 15. The minimum absolute atomic E-state index is 3.14. The van der Waals surface area contributed by atoms with Crippen LogP contribution in [0.1, 0.15) is 0 Å². The summed E-state index contributed by atoms with van der Waals surface area (Å²) in [6, 6.07) is 0. The number of rotatable bonds is 12. The molecular weight excluding hydrogens is 737 g/mol. The Morgan fingerprint density at radius 3 is 0.390 bits per heavy atom. The molecule has 0 unspecified atom stereocenters. The largest absolute Gasteiger partial charge is 0.470 e. The highest BCUT2D eigenvalue weighted by molar-refractivity contribution is 7.48. The second-order valence-corrected chi connectivity index (χ2v) is 15.1. The third kappa shape index (κ3) is 20.4. The van der Waals surface area contributed by atoms with Crippen molar-refractivity contribution in [2.24, 2.45) is 0 Å². The fraction of sp³-hybridized carbons (Fsp3) is 1.00. The zero-order chi connectivity index (χ0) is 33.2. The Bertz CT molecular complexity index is 961. The van der Waals surface area contributed by atoms with E-state index in [1.807, 2.05) is 0 Å². The monoisotopic (exact) mass is 758 g/mol. The molecule has 0 saturated heterocycles. The molecule has 0 atom stereocenters. The molecule has 1 aliphatic rings. The molecule has 1 fully saturated rings. The Balaban J connectivity index is 0.00000292. The number of phosphoric acid groups is 7. The van der Waals surface area contributed by atoms with Gasteiger partial charge in [-0.1, -0.05) is 0 Å². The second-order valence-electron chi connectivity index (χ2n) is 6.88. The smallest absolute Gasteiger partial charge is 0.303 e. The Morgan fingerprint density at radius 2 is 0.341 bits per heavy atom. The van der Waals surface area contributed by atoms with E-state index in [-0.39, 0.29) is 0 Å². The highest BCUT2D eigenvalue weighted by atomic mass is 31.2. The van der Waals surface area contributed by atoms with Gasteiger partial charge in [-0.15, -0.1) is 0 Å². The average molecular weight is 758 g/mol. The summed E-state index contributed by atoms with van der Waals surface area (Å²) in [7, 11) is -40.7. The lowest BCUT2D eigenvalue weighted by Crippen LogP contribution is -2.66. The molecule has 1 rings (SSSR count). The summed E-state index contributed by atoms with van der Waals surface area (Å²) in [6.07, 6.45) is -18.9. The van der Waals surface area contributed by atoms with Crippen LogP contribution in [0.4, 0.5) is 0 Å². The zero-order valence-corrected chi connectivity index (χ0v) is 24.9. The van der Waals surface area contributed by atoms with Gasteiger partial charge in [0.25, 0.3) is 0 Å². The predicted octanol–water partition coefficient (Wildman–Crippen LogP) is -4.06. The van der Waals surface area contributed by atoms with Gasteiger partial charge in [0.1, 0.15) is 36.6 Å². The van der Waals surface area contributed by atoms with Crippen LogP contribution in [0, 0.1) is 0 Å². The van der Waals surface area contributed by atoms with E-state index in [1.165, 1.54) is 0 Å². The lowest BCUT2D eigenvalue weighted by Gasteiger charge is -2.48. The Kier molecular flexibility index (Phi) is 14.7. The van der Waals surface area contributed by atoms with Gasteiger partial charge in [-0.25, -0.2) is 32.0 Å². The Hall–Kier alpha value is 0.770. The van der Waals surface area contributed by atoms with Crippen molar-refractivity contribution in [3.05, 3.63) is 0 Å². The minimum Gasteiger partial charge on any atom is -0.303 e. The first-order chi connectivity index (χ1) is 17.6. The third-order valence-electron chi connectivity index (χ3n) is 3.50. The van der Waals surface area contributed by atoms with Gasteiger partial charge < -0.3 is 73.4 Å². The molecule has 0 aromatic rings. The zero-order valence-electron chi connectivity index (χ0n) is 18.6. The van der Waals surface area contributed by atoms with Crippen molar-refractivity contribution in [3.63, 3.8) is 0 Å². The molecule has 35 heteroatoms. The van der Waals surface area contributed by atoms with E-state index in [1.54, 1.807) is 0 Å². The van der Waals surface area contributed by atoms with Gasteiger partial charge in [0.2, 0.25) is 0 Å². The fourth-order valence-electron chi connectivity index (χ4n) is 2.79. The molecule has 0 spiro atoms. The van der Waals surface area contributed by atoms with E-state index in [2.05, 4.69) is 27.1 Å². The van der Waals surface area contributed by atoms with Gasteiger partial charge in [0.15, 0.2) is 0 Å². The van der Waals surface area contributed by atoms with Gasteiger partial charge in [0.05, 0.1) is 0 Å². The quantitative estimate of drug-likeness (QED) is 0.0842. The topological polar surface area (TPSA) is 478 Å². The first-order valence-electron chi connectivity index (χ1n) is 8.79. The molecule has 0 aromatic heterocycles. The normalized spacial score (nSPS) is 27.2. The van der Waals surface area contributed by atoms with Gasteiger partial charge in [-0.05, 0) is 0 Å². The standard InChI is InChI=1S/C6H18O24P6.H3O4P/c7-31(8,9)25-1-2(26-32(10,11)12)4(28-34(16,17)18)6(30-36(22,23)24)5(29-35(19,20)21)3(1)27-33(13,14)15;1-5(2,3)4/h1-6H,(H2,7,8,9)(H2,10,11,12)(H2,13,14,15)(H2,16,17,18)(H2,19,20,21)(H2,22,23,24);(H3,1,2,3,4)/t1-,2-,3-,4+,5-,6-;. The lowest BCUT2D eigenvalue weighted by molar-refractivity contribution is -0.202. The summed E-state index contributed by atoms with van der Waals surface area (Å²) in [5.74, 6) is 0. The van der Waals surface area contributed by atoms with E-state index < -0.39 is 91.4 Å². The van der Waals surface area contributed by atoms with Gasteiger partial charge in [-0.3, -0.25) is 27.1 Å². The van der Waals surface area contributed by atoms with E-state index in [9.17, 15) is 27.4 Å². The van der Waals surface area contributed by atoms with Gasteiger partial charge in [-0.2, -0.15) is 0 Å². The summed E-state index contributed by atoms with van der Waals surface area (Å²) in [4.78, 5) is 131. The maximum absolute atomic E-state index is 11.4. The Morgan fingerprint density at radius 1 is 0.268 bits per heavy atom. The van der Waals surface area contributed by atoms with Crippen LogP contribution in [0.3, 0.4) is 0 Å². The predicted molar refractivity (Wildman–Crippen MR) is 116 cm³/mol. The van der Waals surface area contributed by atoms with Crippen molar-refractivity contribution in [1.29, 1.82) is 0 Å². The summed E-state index contributed by atoms with van der Waals surface area (Å²) in [6.45, 7) is 0. The van der Waals surface area contributed by atoms with Crippen molar-refractivity contribution in [1.82, 2.24) is 0 Å². The number of phosphoric ester groups is 6. The van der Waals surface area contributed by atoms with Crippen LogP contribution in [0.5, 0.6) is 0 Å². The first kappa shape index (κ1) is 41.8. The SMILES string of the molecule is O=P(O)(O)O.O=P(O)(O)O[C@H]1[C@H](OP(=O)(O)O)[C@@H](OP(=O)(O)O)[C@H](OP(=O)(O)O)[C@@H](OP(=O)(O)O)[C@H]1OP(=O)(O)O. The maximum Gasteiger partial charge on any atom is 0.470 e. The molecule has 0 radical (unpaired) electrons. The molecule has 0 aromatic carbocycles. The molecule has 0 bridgehead atoms. The average Bonchev–Trinajstić information content (AvgIpc) is 2.56. The summed E-state index contributed by atoms with van der Waals surface area (Å²) < 4.78 is 102. The van der Waals surface area contributed by atoms with Crippen LogP contribution < -0.4 is 0 Å². The van der Waals surface area contributed by atoms with Gasteiger partial charge >= 0.3 is 54.8 Å². The third-order valence-corrected chi connectivity index (χ3v) is 6.61. The molecule has 0 amide bonds. The van der Waals surface area contributed by atoms with Crippen molar-refractivity contribution in [2.75, 3.05) is 0 Å². The minimum atomic E-state index is -6.02. The molecular formula is C6H21O28P7. The molecule has 248 valence electrons. The van der Waals surface area contributed by atoms with Crippen LogP contribution in [0.25, 0.3) is 0 Å². The summed E-state index contributed by atoms with van der Waals surface area (Å²) in [5.41, 5.74) is 0. The maximum atomic E-state index is 11.4. The van der Waals surface area contributed by atoms with E-state index in [0.717, 1.165) is 0 Å². The van der Waals surface area contributed by atoms with Crippen LogP contribution in [-0.2, 0) is 59.1 Å². The van der Waals surface area contributed by atoms with Crippen molar-refractivity contribution >= 4 is 54.8 Å². The molecule has 28 nitrogen and oxygen atoms in total.